The number of esters is 1. The normalized spacial score (nSPS) is 37.0. The number of carbonyl (C=O) groups is 5. The van der Waals surface area contributed by atoms with Gasteiger partial charge in [-0.25, -0.2) is 17.9 Å². The average molecular weight is 1040 g/mol. The van der Waals surface area contributed by atoms with E-state index in [0.717, 1.165) is 24.3 Å². The van der Waals surface area contributed by atoms with Crippen LogP contribution in [0, 0.1) is 35.5 Å². The number of sulfonamides is 1. The van der Waals surface area contributed by atoms with E-state index in [1.165, 1.54) is 33.9 Å². The van der Waals surface area contributed by atoms with Gasteiger partial charge in [0.25, 0.3) is 11.7 Å². The third kappa shape index (κ3) is 17.6. The van der Waals surface area contributed by atoms with Crippen LogP contribution < -0.4 is 4.72 Å². The average Bonchev–Trinajstić information content (AvgIpc) is 4.19. The van der Waals surface area contributed by atoms with Gasteiger partial charge in [0.2, 0.25) is 15.8 Å². The molecule has 2 saturated carbocycles. The van der Waals surface area contributed by atoms with E-state index in [4.69, 9.17) is 23.7 Å². The first-order valence-electron chi connectivity index (χ1n) is 26.1. The van der Waals surface area contributed by atoms with E-state index < -0.39 is 87.7 Å². The molecule has 0 aromatic carbocycles. The van der Waals surface area contributed by atoms with Crippen LogP contribution in [-0.4, -0.2) is 153 Å². The molecule has 17 nitrogen and oxygen atoms in total. The molecule has 0 spiro atoms. The summed E-state index contributed by atoms with van der Waals surface area (Å²) in [6.07, 6.45) is 12.5. The molecular formula is C54H86N2O15S. The molecule has 1 amide bonds. The van der Waals surface area contributed by atoms with Gasteiger partial charge in [0.15, 0.2) is 5.78 Å². The Morgan fingerprint density at radius 3 is 2.24 bits per heavy atom. The molecule has 0 aromatic heterocycles. The van der Waals surface area contributed by atoms with Gasteiger partial charge in [-0.2, -0.15) is 0 Å². The van der Waals surface area contributed by atoms with Gasteiger partial charge in [0.05, 0.1) is 24.1 Å². The lowest BCUT2D eigenvalue weighted by Crippen LogP contribution is -2.59. The van der Waals surface area contributed by atoms with Crippen molar-refractivity contribution in [1.29, 1.82) is 0 Å². The Bertz CT molecular complexity index is 2070. The number of nitrogens with zero attached hydrogens (tertiary/aromatic N) is 1. The smallest absolute Gasteiger partial charge is 0.328 e. The number of methoxy groups -OCH3 is 2. The van der Waals surface area contributed by atoms with Crippen LogP contribution in [0.5, 0.6) is 0 Å². The third-order valence-electron chi connectivity index (χ3n) is 15.3. The van der Waals surface area contributed by atoms with Crippen LogP contribution in [0.4, 0.5) is 0 Å². The standard InChI is InChI=1S/C54H86N2O15S/c1-33-17-14-12-11-13-15-18-34(2)48(59)50(68-10)49(60)37(5)27-35(3)44(58)31-46(36(4)28-41-22-24-45(47(29-41)67-9)69-32-40-20-21-40)70-53(63)39(7)56(8)52(62)51(61)54(64)38(6)19-23-42(71-54)30-43(33)55-72(65,66)26-16-25-57/h11-14,17,27,34-36,38-43,45-47,49-50,55,57,60,64H,15-16,18-26,28-32H2,1-10H3/b13-11+,14-12+,33-17+,37-27+/t34?,35?,36-,38+,39?,41+,42-,43+,45-,46?,47-,49?,50?,54+/m1/s1. The van der Waals surface area contributed by atoms with Crippen LogP contribution in [0.25, 0.3) is 0 Å². The fraction of sp³-hybridized carbons (Fsp3) is 0.759. The molecule has 3 fully saturated rings. The Morgan fingerprint density at radius 1 is 0.889 bits per heavy atom. The van der Waals surface area contributed by atoms with Crippen molar-refractivity contribution in [3.05, 3.63) is 47.6 Å². The number of aliphatic hydroxyl groups excluding tert-OH is 2. The van der Waals surface area contributed by atoms with Crippen molar-refractivity contribution >= 4 is 39.2 Å². The van der Waals surface area contributed by atoms with E-state index >= 15 is 0 Å². The van der Waals surface area contributed by atoms with E-state index in [2.05, 4.69) is 4.72 Å². The maximum absolute atomic E-state index is 14.2. The van der Waals surface area contributed by atoms with E-state index in [-0.39, 0.29) is 73.7 Å². The van der Waals surface area contributed by atoms with Crippen molar-refractivity contribution in [2.45, 2.75) is 186 Å². The Labute approximate surface area is 428 Å². The summed E-state index contributed by atoms with van der Waals surface area (Å²) in [5.74, 6) is -8.66. The highest BCUT2D eigenvalue weighted by atomic mass is 32.2. The number of hydrogen-bond donors (Lipinski definition) is 4. The summed E-state index contributed by atoms with van der Waals surface area (Å²) in [6, 6.07) is -2.22. The molecule has 2 heterocycles. The van der Waals surface area contributed by atoms with E-state index in [9.17, 15) is 47.7 Å². The Hall–Kier alpha value is -3.46. The summed E-state index contributed by atoms with van der Waals surface area (Å²) in [5.41, 5.74) is 0.935. The molecule has 0 radical (unpaired) electrons. The van der Waals surface area contributed by atoms with E-state index in [0.29, 0.717) is 49.2 Å². The number of carbonyl (C=O) groups excluding carboxylic acids is 5. The van der Waals surface area contributed by atoms with Crippen molar-refractivity contribution in [2.24, 2.45) is 35.5 Å². The van der Waals surface area contributed by atoms with Crippen LogP contribution in [0.15, 0.2) is 47.6 Å². The van der Waals surface area contributed by atoms with Crippen molar-refractivity contribution in [1.82, 2.24) is 9.62 Å². The minimum atomic E-state index is -3.91. The molecule has 0 aromatic rings. The van der Waals surface area contributed by atoms with Crippen LogP contribution in [-0.2, 0) is 57.7 Å². The zero-order chi connectivity index (χ0) is 53.5. The van der Waals surface area contributed by atoms with Crippen molar-refractivity contribution in [3.63, 3.8) is 0 Å². The van der Waals surface area contributed by atoms with Crippen molar-refractivity contribution in [3.8, 4) is 0 Å². The lowest BCUT2D eigenvalue weighted by Gasteiger charge is -2.42. The van der Waals surface area contributed by atoms with Gasteiger partial charge in [-0.1, -0.05) is 69.7 Å². The summed E-state index contributed by atoms with van der Waals surface area (Å²) in [5, 5.41) is 32.7. The minimum absolute atomic E-state index is 0.0000414. The van der Waals surface area contributed by atoms with Gasteiger partial charge in [-0.05, 0) is 121 Å². The van der Waals surface area contributed by atoms with Crippen molar-refractivity contribution in [2.75, 3.05) is 40.2 Å². The number of Topliss-reactive ketones (excluding diaryl/α,β-unsaturated/α-hetero) is 3. The van der Waals surface area contributed by atoms with E-state index in [1.54, 1.807) is 72.1 Å². The van der Waals surface area contributed by atoms with Gasteiger partial charge in [0, 0.05) is 64.7 Å². The summed E-state index contributed by atoms with van der Waals surface area (Å²) in [7, 11) is 0.358. The Kier molecular flexibility index (Phi) is 24.1. The van der Waals surface area contributed by atoms with Crippen LogP contribution in [0.2, 0.25) is 0 Å². The van der Waals surface area contributed by atoms with Gasteiger partial charge >= 0.3 is 5.97 Å². The SMILES string of the molecule is COC1C(=O)C(C)CC/C=C/C=C/C=C(\C)[C@@H](NS(=O)(=O)CCCO)C[C@H]2CC[C@H](C)[C@](O)(O2)C(=O)C(=O)N(C)C(C)C(=O)OC([C@H](C)C[C@@H]2CC[C@@H](OCC3CC3)[C@H](OC)C2)CC(=O)C(C)/C=C(\C)C1O. The number of ether oxygens (including phenoxy) is 5. The monoisotopic (exact) mass is 1030 g/mol. The maximum atomic E-state index is 14.2. The number of cyclic esters (lactones) is 1. The van der Waals surface area contributed by atoms with Crippen molar-refractivity contribution < 1.29 is 71.4 Å². The highest BCUT2D eigenvalue weighted by molar-refractivity contribution is 7.89. The molecule has 6 unspecified atom stereocenters. The fourth-order valence-electron chi connectivity index (χ4n) is 9.88. The molecule has 408 valence electrons. The van der Waals surface area contributed by atoms with Crippen LogP contribution in [0.3, 0.4) is 0 Å². The summed E-state index contributed by atoms with van der Waals surface area (Å²) >= 11 is 0. The van der Waals surface area contributed by atoms with Crippen LogP contribution in [0.1, 0.15) is 132 Å². The molecule has 4 N–H and O–H groups in total. The predicted octanol–water partition coefficient (Wildman–Crippen LogP) is 5.49. The molecule has 4 aliphatic rings. The minimum Gasteiger partial charge on any atom is -0.460 e. The number of hydrogen-bond acceptors (Lipinski definition) is 15. The lowest BCUT2D eigenvalue weighted by molar-refractivity contribution is -0.263. The first-order chi connectivity index (χ1) is 34.0. The largest absolute Gasteiger partial charge is 0.460 e. The molecule has 4 rings (SSSR count). The highest BCUT2D eigenvalue weighted by Crippen LogP contribution is 2.38. The molecule has 1 saturated heterocycles. The maximum Gasteiger partial charge on any atom is 0.328 e. The van der Waals surface area contributed by atoms with Gasteiger partial charge in [0.1, 0.15) is 30.1 Å². The predicted molar refractivity (Wildman–Crippen MR) is 272 cm³/mol. The van der Waals surface area contributed by atoms with Crippen LogP contribution >= 0.6 is 0 Å². The summed E-state index contributed by atoms with van der Waals surface area (Å²) in [6.45, 7) is 12.0. The Morgan fingerprint density at radius 2 is 1.58 bits per heavy atom. The second-order valence-electron chi connectivity index (χ2n) is 21.2. The third-order valence-corrected chi connectivity index (χ3v) is 16.8. The molecule has 2 aliphatic heterocycles. The number of allylic oxidation sites excluding steroid dienone is 6. The summed E-state index contributed by atoms with van der Waals surface area (Å²) < 4.78 is 58.9. The number of amides is 1. The topological polar surface area (TPSA) is 242 Å². The zero-order valence-electron chi connectivity index (χ0n) is 44.5. The molecule has 14 atom stereocenters. The molecule has 18 heteroatoms. The molecule has 2 aliphatic carbocycles. The lowest BCUT2D eigenvalue weighted by atomic mass is 9.78. The molecule has 72 heavy (non-hydrogen) atoms. The van der Waals surface area contributed by atoms with Gasteiger partial charge in [-0.3, -0.25) is 19.2 Å². The number of nitrogens with one attached hydrogen (secondary N) is 1. The first kappa shape index (κ1) is 61.1. The molecule has 2 bridgehead atoms. The number of likely N-dealkylation sites (N-methyl/N-ethyl adjacent to an activating group) is 1. The van der Waals surface area contributed by atoms with E-state index in [1.807, 2.05) is 13.0 Å². The summed E-state index contributed by atoms with van der Waals surface area (Å²) in [4.78, 5) is 71.0. The number of aliphatic hydroxyl groups is 3. The zero-order valence-corrected chi connectivity index (χ0v) is 45.3. The number of fused-ring (bicyclic) bond motifs is 2. The van der Waals surface area contributed by atoms with Gasteiger partial charge in [-0.15, -0.1) is 0 Å². The number of ketones is 3. The number of rotatable bonds is 13. The fourth-order valence-corrected chi connectivity index (χ4v) is 11.2. The quantitative estimate of drug-likeness (QED) is 0.101. The van der Waals surface area contributed by atoms with Gasteiger partial charge < -0.3 is 43.9 Å². The first-order valence-corrected chi connectivity index (χ1v) is 27.7. The highest BCUT2D eigenvalue weighted by Gasteiger charge is 2.52. The molecular weight excluding hydrogens is 949 g/mol. The second kappa shape index (κ2) is 28.4. The Balaban J connectivity index is 1.67. The second-order valence-corrected chi connectivity index (χ2v) is 23.0.